The van der Waals surface area contributed by atoms with Crippen molar-refractivity contribution in [2.24, 2.45) is 0 Å². The van der Waals surface area contributed by atoms with Crippen molar-refractivity contribution >= 4 is 27.3 Å². The fourth-order valence-corrected chi connectivity index (χ4v) is 4.59. The number of sulfonamides is 1. The zero-order chi connectivity index (χ0) is 18.6. The molecule has 0 unspecified atom stereocenters. The average Bonchev–Trinajstić information content (AvgIpc) is 3.29. The maximum absolute atomic E-state index is 12.4. The first-order valence-corrected chi connectivity index (χ1v) is 10.2. The second-order valence-corrected chi connectivity index (χ2v) is 8.75. The van der Waals surface area contributed by atoms with Gasteiger partial charge in [-0.3, -0.25) is 4.79 Å². The van der Waals surface area contributed by atoms with Crippen LogP contribution in [-0.4, -0.2) is 24.1 Å². The van der Waals surface area contributed by atoms with Crippen LogP contribution < -0.4 is 10.0 Å². The highest BCUT2D eigenvalue weighted by molar-refractivity contribution is 7.91. The normalized spacial score (nSPS) is 11.4. The van der Waals surface area contributed by atoms with Crippen molar-refractivity contribution in [3.63, 3.8) is 0 Å². The van der Waals surface area contributed by atoms with E-state index in [-0.39, 0.29) is 16.7 Å². The van der Waals surface area contributed by atoms with Gasteiger partial charge in [0.1, 0.15) is 4.21 Å². The number of benzene rings is 1. The summed E-state index contributed by atoms with van der Waals surface area (Å²) in [4.78, 5) is 11.7. The first-order valence-electron chi connectivity index (χ1n) is 7.86. The fourth-order valence-electron chi connectivity index (χ4n) is 2.23. The predicted octanol–water partition coefficient (Wildman–Crippen LogP) is 2.05. The Bertz CT molecular complexity index is 994. The van der Waals surface area contributed by atoms with E-state index in [2.05, 4.69) is 15.1 Å². The van der Waals surface area contributed by atoms with E-state index in [4.69, 9.17) is 0 Å². The number of amides is 1. The minimum absolute atomic E-state index is 0.147. The van der Waals surface area contributed by atoms with E-state index in [9.17, 15) is 13.2 Å². The highest BCUT2D eigenvalue weighted by atomic mass is 32.2. The van der Waals surface area contributed by atoms with Crippen LogP contribution in [0.25, 0.3) is 5.69 Å². The molecule has 0 fully saturated rings. The van der Waals surface area contributed by atoms with Crippen LogP contribution in [0.3, 0.4) is 0 Å². The third-order valence-electron chi connectivity index (χ3n) is 3.54. The molecule has 1 aromatic carbocycles. The predicted molar refractivity (Wildman–Crippen MR) is 99.4 cm³/mol. The Morgan fingerprint density at radius 3 is 2.65 bits per heavy atom. The van der Waals surface area contributed by atoms with Crippen molar-refractivity contribution in [2.45, 2.75) is 24.2 Å². The summed E-state index contributed by atoms with van der Waals surface area (Å²) >= 11 is 1.13. The fraction of sp³-hybridized carbons (Fsp3) is 0.176. The second kappa shape index (κ2) is 7.81. The van der Waals surface area contributed by atoms with Gasteiger partial charge in [0.05, 0.1) is 18.4 Å². The van der Waals surface area contributed by atoms with Gasteiger partial charge < -0.3 is 5.32 Å². The topological polar surface area (TPSA) is 93.1 Å². The van der Waals surface area contributed by atoms with Crippen LogP contribution in [0.2, 0.25) is 0 Å². The monoisotopic (exact) mass is 390 g/mol. The van der Waals surface area contributed by atoms with Crippen LogP contribution in [0.4, 0.5) is 0 Å². The van der Waals surface area contributed by atoms with Crippen molar-refractivity contribution in [1.82, 2.24) is 19.8 Å². The molecule has 3 rings (SSSR count). The summed E-state index contributed by atoms with van der Waals surface area (Å²) < 4.78 is 29.3. The minimum atomic E-state index is -3.61. The lowest BCUT2D eigenvalue weighted by Crippen LogP contribution is -2.22. The number of carbonyl (C=O) groups is 1. The number of carbonyl (C=O) groups excluding carboxylic acids is 1. The summed E-state index contributed by atoms with van der Waals surface area (Å²) in [6.07, 6.45) is 3.42. The maximum atomic E-state index is 12.4. The summed E-state index contributed by atoms with van der Waals surface area (Å²) in [5.41, 5.74) is 1.66. The highest BCUT2D eigenvalue weighted by Gasteiger charge is 2.17. The zero-order valence-corrected chi connectivity index (χ0v) is 15.7. The maximum Gasteiger partial charge on any atom is 0.250 e. The van der Waals surface area contributed by atoms with Gasteiger partial charge in [0.2, 0.25) is 15.9 Å². The smallest absolute Gasteiger partial charge is 0.250 e. The summed E-state index contributed by atoms with van der Waals surface area (Å²) in [5, 5.41) is 6.90. The number of hydrogen-bond acceptors (Lipinski definition) is 5. The lowest BCUT2D eigenvalue weighted by molar-refractivity contribution is -0.119. The van der Waals surface area contributed by atoms with Crippen molar-refractivity contribution in [3.8, 4) is 5.69 Å². The average molecular weight is 390 g/mol. The first kappa shape index (κ1) is 18.3. The van der Waals surface area contributed by atoms with Crippen molar-refractivity contribution in [1.29, 1.82) is 0 Å². The Morgan fingerprint density at radius 1 is 1.15 bits per heavy atom. The van der Waals surface area contributed by atoms with Crippen LogP contribution in [0, 0.1) is 0 Å². The molecule has 9 heteroatoms. The molecule has 0 radical (unpaired) electrons. The molecule has 26 heavy (non-hydrogen) atoms. The zero-order valence-electron chi connectivity index (χ0n) is 14.0. The van der Waals surface area contributed by atoms with Crippen LogP contribution in [-0.2, 0) is 27.9 Å². The first-order chi connectivity index (χ1) is 12.4. The van der Waals surface area contributed by atoms with Crippen molar-refractivity contribution in [2.75, 3.05) is 0 Å². The molecule has 3 aromatic rings. The van der Waals surface area contributed by atoms with E-state index in [0.717, 1.165) is 27.5 Å². The van der Waals surface area contributed by atoms with Gasteiger partial charge in [-0.15, -0.1) is 11.3 Å². The molecule has 0 aliphatic rings. The van der Waals surface area contributed by atoms with E-state index in [0.29, 0.717) is 6.54 Å². The third-order valence-corrected chi connectivity index (χ3v) is 6.51. The highest BCUT2D eigenvalue weighted by Crippen LogP contribution is 2.21. The molecule has 0 saturated carbocycles. The minimum Gasteiger partial charge on any atom is -0.351 e. The van der Waals surface area contributed by atoms with Gasteiger partial charge in [0, 0.05) is 30.1 Å². The molecule has 0 aliphatic carbocycles. The van der Waals surface area contributed by atoms with Gasteiger partial charge in [-0.05, 0) is 24.3 Å². The van der Waals surface area contributed by atoms with Crippen LogP contribution in [0.1, 0.15) is 17.4 Å². The Kier molecular flexibility index (Phi) is 5.50. The Labute approximate surface area is 155 Å². The standard InChI is InChI=1S/C17H18N4O3S2/c1-13(22)18-11-16-7-8-17(25-16)26(23,24)20-10-14-9-19-21(12-14)15-5-3-2-4-6-15/h2-9,12,20H,10-11H2,1H3,(H,18,22). The number of nitrogens with one attached hydrogen (secondary N) is 2. The van der Waals surface area contributed by atoms with Gasteiger partial charge in [0.15, 0.2) is 0 Å². The van der Waals surface area contributed by atoms with E-state index >= 15 is 0 Å². The Balaban J connectivity index is 1.64. The van der Waals surface area contributed by atoms with Gasteiger partial charge in [0.25, 0.3) is 0 Å². The molecule has 136 valence electrons. The van der Waals surface area contributed by atoms with Crippen LogP contribution >= 0.6 is 11.3 Å². The number of nitrogens with zero attached hydrogens (tertiary/aromatic N) is 2. The van der Waals surface area contributed by atoms with Gasteiger partial charge in [-0.2, -0.15) is 5.10 Å². The summed E-state index contributed by atoms with van der Waals surface area (Å²) in [6.45, 7) is 1.88. The molecule has 0 aliphatic heterocycles. The number of para-hydroxylation sites is 1. The lowest BCUT2D eigenvalue weighted by Gasteiger charge is -2.03. The number of thiophene rings is 1. The quantitative estimate of drug-likeness (QED) is 0.646. The van der Waals surface area contributed by atoms with Crippen LogP contribution in [0.5, 0.6) is 0 Å². The SMILES string of the molecule is CC(=O)NCc1ccc(S(=O)(=O)NCc2cnn(-c3ccccc3)c2)s1. The molecule has 2 aromatic heterocycles. The number of aromatic nitrogens is 2. The molecular weight excluding hydrogens is 372 g/mol. The van der Waals surface area contributed by atoms with Crippen molar-refractivity contribution < 1.29 is 13.2 Å². The van der Waals surface area contributed by atoms with Gasteiger partial charge in [-0.1, -0.05) is 18.2 Å². The molecule has 1 amide bonds. The van der Waals surface area contributed by atoms with Gasteiger partial charge >= 0.3 is 0 Å². The van der Waals surface area contributed by atoms with Crippen molar-refractivity contribution in [3.05, 3.63) is 65.3 Å². The largest absolute Gasteiger partial charge is 0.351 e. The third kappa shape index (κ3) is 4.57. The Hall–Kier alpha value is -2.49. The summed E-state index contributed by atoms with van der Waals surface area (Å²) in [5.74, 6) is -0.156. The summed E-state index contributed by atoms with van der Waals surface area (Å²) in [6, 6.07) is 12.8. The van der Waals surface area contributed by atoms with Crippen LogP contribution in [0.15, 0.2) is 59.1 Å². The van der Waals surface area contributed by atoms with E-state index in [1.807, 2.05) is 30.3 Å². The molecule has 2 heterocycles. The van der Waals surface area contributed by atoms with E-state index in [1.54, 1.807) is 23.1 Å². The second-order valence-electron chi connectivity index (χ2n) is 5.58. The molecule has 0 atom stereocenters. The number of rotatable bonds is 7. The molecule has 0 spiro atoms. The molecular formula is C17H18N4O3S2. The van der Waals surface area contributed by atoms with Gasteiger partial charge in [-0.25, -0.2) is 17.8 Å². The molecule has 0 saturated heterocycles. The van der Waals surface area contributed by atoms with E-state index in [1.165, 1.54) is 13.0 Å². The Morgan fingerprint density at radius 2 is 1.92 bits per heavy atom. The van der Waals surface area contributed by atoms with E-state index < -0.39 is 10.0 Å². The molecule has 0 bridgehead atoms. The molecule has 2 N–H and O–H groups in total. The molecule has 7 nitrogen and oxygen atoms in total. The number of hydrogen-bond donors (Lipinski definition) is 2. The lowest BCUT2D eigenvalue weighted by atomic mass is 10.3. The summed E-state index contributed by atoms with van der Waals surface area (Å²) in [7, 11) is -3.61.